The summed E-state index contributed by atoms with van der Waals surface area (Å²) in [5, 5.41) is 2.83. The molecule has 2 aromatic rings. The molecule has 0 saturated heterocycles. The molecule has 1 heterocycles. The van der Waals surface area contributed by atoms with Crippen LogP contribution in [0.25, 0.3) is 0 Å². The predicted molar refractivity (Wildman–Crippen MR) is 66.3 cm³/mol. The molecule has 17 heavy (non-hydrogen) atoms. The number of nitrogens with one attached hydrogen (secondary N) is 1. The molecule has 3 N–H and O–H groups in total. The number of rotatable bonds is 3. The maximum absolute atomic E-state index is 11.8. The third-order valence-corrected chi connectivity index (χ3v) is 2.38. The summed E-state index contributed by atoms with van der Waals surface area (Å²) in [5.41, 5.74) is 7.82. The summed E-state index contributed by atoms with van der Waals surface area (Å²) in [4.78, 5) is 15.7. The van der Waals surface area contributed by atoms with Gasteiger partial charge in [-0.25, -0.2) is 0 Å². The van der Waals surface area contributed by atoms with E-state index in [1.54, 1.807) is 36.7 Å². The summed E-state index contributed by atoms with van der Waals surface area (Å²) in [7, 11) is 0. The molecule has 0 spiro atoms. The van der Waals surface area contributed by atoms with Crippen LogP contribution in [0.1, 0.15) is 15.9 Å². The van der Waals surface area contributed by atoms with E-state index in [9.17, 15) is 4.79 Å². The molecule has 0 aliphatic rings. The van der Waals surface area contributed by atoms with Gasteiger partial charge in [0.05, 0.1) is 0 Å². The smallest absolute Gasteiger partial charge is 0.251 e. The second-order valence-corrected chi connectivity index (χ2v) is 3.66. The number of benzene rings is 1. The first-order valence-electron chi connectivity index (χ1n) is 5.28. The number of nitrogen functional groups attached to an aromatic ring is 1. The molecule has 0 unspecified atom stereocenters. The van der Waals surface area contributed by atoms with Gasteiger partial charge in [0, 0.05) is 30.2 Å². The number of hydrogen-bond donors (Lipinski definition) is 2. The highest BCUT2D eigenvalue weighted by Gasteiger charge is 2.04. The minimum Gasteiger partial charge on any atom is -0.399 e. The maximum atomic E-state index is 11.8. The molecule has 0 aliphatic heterocycles. The van der Waals surface area contributed by atoms with Crippen LogP contribution >= 0.6 is 0 Å². The van der Waals surface area contributed by atoms with Gasteiger partial charge in [0.1, 0.15) is 0 Å². The van der Waals surface area contributed by atoms with Gasteiger partial charge in [-0.3, -0.25) is 9.78 Å². The summed E-state index contributed by atoms with van der Waals surface area (Å²) in [6, 6.07) is 10.6. The Hall–Kier alpha value is -2.36. The van der Waals surface area contributed by atoms with Crippen LogP contribution in [-0.4, -0.2) is 10.9 Å². The number of nitrogens with two attached hydrogens (primary N) is 1. The van der Waals surface area contributed by atoms with Gasteiger partial charge in [0.2, 0.25) is 0 Å². The van der Waals surface area contributed by atoms with E-state index in [0.29, 0.717) is 17.8 Å². The molecule has 86 valence electrons. The van der Waals surface area contributed by atoms with E-state index < -0.39 is 0 Å². The molecule has 0 saturated carbocycles. The highest BCUT2D eigenvalue weighted by molar-refractivity contribution is 5.94. The molecule has 0 fully saturated rings. The normalized spacial score (nSPS) is 9.88. The van der Waals surface area contributed by atoms with Crippen LogP contribution in [0.2, 0.25) is 0 Å². The minimum atomic E-state index is -0.109. The molecular weight excluding hydrogens is 214 g/mol. The van der Waals surface area contributed by atoms with E-state index in [1.165, 1.54) is 0 Å². The summed E-state index contributed by atoms with van der Waals surface area (Å²) < 4.78 is 0. The molecule has 0 aliphatic carbocycles. The largest absolute Gasteiger partial charge is 0.399 e. The highest BCUT2D eigenvalue weighted by Crippen LogP contribution is 2.05. The molecule has 0 atom stereocenters. The molecule has 1 amide bonds. The Kier molecular flexibility index (Phi) is 3.35. The number of pyridine rings is 1. The number of carbonyl (C=O) groups excluding carboxylic acids is 1. The number of anilines is 1. The van der Waals surface area contributed by atoms with Crippen LogP contribution < -0.4 is 11.1 Å². The molecule has 1 aromatic heterocycles. The van der Waals surface area contributed by atoms with Gasteiger partial charge < -0.3 is 11.1 Å². The van der Waals surface area contributed by atoms with Crippen molar-refractivity contribution in [3.8, 4) is 0 Å². The summed E-state index contributed by atoms with van der Waals surface area (Å²) >= 11 is 0. The van der Waals surface area contributed by atoms with Crippen LogP contribution in [0.4, 0.5) is 5.69 Å². The van der Waals surface area contributed by atoms with Crippen molar-refractivity contribution in [3.63, 3.8) is 0 Å². The van der Waals surface area contributed by atoms with E-state index >= 15 is 0 Å². The van der Waals surface area contributed by atoms with Gasteiger partial charge in [-0.1, -0.05) is 0 Å². The summed E-state index contributed by atoms with van der Waals surface area (Å²) in [6.45, 7) is 0.492. The summed E-state index contributed by atoms with van der Waals surface area (Å²) in [6.07, 6.45) is 3.40. The first-order chi connectivity index (χ1) is 8.25. The van der Waals surface area contributed by atoms with E-state index in [1.807, 2.05) is 12.1 Å². The number of carbonyl (C=O) groups is 1. The van der Waals surface area contributed by atoms with Crippen molar-refractivity contribution in [2.75, 3.05) is 5.73 Å². The van der Waals surface area contributed by atoms with Crippen LogP contribution in [0.5, 0.6) is 0 Å². The fourth-order valence-corrected chi connectivity index (χ4v) is 1.42. The average Bonchev–Trinajstić information content (AvgIpc) is 2.38. The molecule has 0 radical (unpaired) electrons. The van der Waals surface area contributed by atoms with Crippen molar-refractivity contribution in [2.45, 2.75) is 6.54 Å². The zero-order valence-corrected chi connectivity index (χ0v) is 9.26. The lowest BCUT2D eigenvalue weighted by atomic mass is 10.2. The fourth-order valence-electron chi connectivity index (χ4n) is 1.42. The van der Waals surface area contributed by atoms with Gasteiger partial charge >= 0.3 is 0 Å². The number of nitrogens with zero attached hydrogens (tertiary/aromatic N) is 1. The molecule has 4 heteroatoms. The second-order valence-electron chi connectivity index (χ2n) is 3.66. The lowest BCUT2D eigenvalue weighted by Gasteiger charge is -2.05. The van der Waals surface area contributed by atoms with Crippen molar-refractivity contribution < 1.29 is 4.79 Å². The quantitative estimate of drug-likeness (QED) is 0.782. The molecular formula is C13H13N3O. The Morgan fingerprint density at radius 2 is 1.76 bits per heavy atom. The first-order valence-corrected chi connectivity index (χ1v) is 5.28. The second kappa shape index (κ2) is 5.12. The molecule has 4 nitrogen and oxygen atoms in total. The summed E-state index contributed by atoms with van der Waals surface area (Å²) in [5.74, 6) is -0.109. The van der Waals surface area contributed by atoms with E-state index in [2.05, 4.69) is 10.3 Å². The van der Waals surface area contributed by atoms with Crippen LogP contribution in [-0.2, 0) is 6.54 Å². The SMILES string of the molecule is Nc1ccc(C(=O)NCc2ccncc2)cc1. The fraction of sp³-hybridized carbons (Fsp3) is 0.0769. The Morgan fingerprint density at radius 3 is 2.41 bits per heavy atom. The van der Waals surface area contributed by atoms with Crippen LogP contribution in [0.3, 0.4) is 0 Å². The number of hydrogen-bond acceptors (Lipinski definition) is 3. The van der Waals surface area contributed by atoms with Crippen molar-refractivity contribution in [2.24, 2.45) is 0 Å². The van der Waals surface area contributed by atoms with Gasteiger partial charge in [-0.05, 0) is 42.0 Å². The third kappa shape index (κ3) is 3.04. The number of aromatic nitrogens is 1. The highest BCUT2D eigenvalue weighted by atomic mass is 16.1. The van der Waals surface area contributed by atoms with Crippen molar-refractivity contribution in [3.05, 3.63) is 59.9 Å². The van der Waals surface area contributed by atoms with E-state index in [-0.39, 0.29) is 5.91 Å². The van der Waals surface area contributed by atoms with Gasteiger partial charge in [-0.15, -0.1) is 0 Å². The molecule has 2 rings (SSSR count). The number of amides is 1. The standard InChI is InChI=1S/C13H13N3O/c14-12-3-1-11(2-4-12)13(17)16-9-10-5-7-15-8-6-10/h1-8H,9,14H2,(H,16,17). The van der Waals surface area contributed by atoms with Crippen molar-refractivity contribution >= 4 is 11.6 Å². The average molecular weight is 227 g/mol. The monoisotopic (exact) mass is 227 g/mol. The van der Waals surface area contributed by atoms with Gasteiger partial charge in [0.25, 0.3) is 5.91 Å². The maximum Gasteiger partial charge on any atom is 0.251 e. The Balaban J connectivity index is 1.96. The lowest BCUT2D eigenvalue weighted by Crippen LogP contribution is -2.22. The Bertz CT molecular complexity index is 494. The van der Waals surface area contributed by atoms with Gasteiger partial charge in [-0.2, -0.15) is 0 Å². The van der Waals surface area contributed by atoms with Gasteiger partial charge in [0.15, 0.2) is 0 Å². The topological polar surface area (TPSA) is 68.0 Å². The Morgan fingerprint density at radius 1 is 1.12 bits per heavy atom. The van der Waals surface area contributed by atoms with E-state index in [0.717, 1.165) is 5.56 Å². The molecule has 1 aromatic carbocycles. The van der Waals surface area contributed by atoms with E-state index in [4.69, 9.17) is 5.73 Å². The first kappa shape index (κ1) is 11.1. The zero-order chi connectivity index (χ0) is 12.1. The predicted octanol–water partition coefficient (Wildman–Crippen LogP) is 1.59. The van der Waals surface area contributed by atoms with Crippen molar-refractivity contribution in [1.82, 2.24) is 10.3 Å². The van der Waals surface area contributed by atoms with Crippen LogP contribution in [0.15, 0.2) is 48.8 Å². The molecule has 0 bridgehead atoms. The van der Waals surface area contributed by atoms with Crippen LogP contribution in [0, 0.1) is 0 Å². The third-order valence-electron chi connectivity index (χ3n) is 2.38. The lowest BCUT2D eigenvalue weighted by molar-refractivity contribution is 0.0951. The Labute approximate surface area is 99.5 Å². The zero-order valence-electron chi connectivity index (χ0n) is 9.26. The minimum absolute atomic E-state index is 0.109. The van der Waals surface area contributed by atoms with Crippen molar-refractivity contribution in [1.29, 1.82) is 0 Å².